The molecule has 0 fully saturated rings. The minimum atomic E-state index is -4.70. The van der Waals surface area contributed by atoms with Gasteiger partial charge in [0.25, 0.3) is 5.69 Å². The van der Waals surface area contributed by atoms with Gasteiger partial charge < -0.3 is 10.1 Å². The van der Waals surface area contributed by atoms with Crippen molar-refractivity contribution in [3.8, 4) is 11.6 Å². The molecule has 0 saturated carbocycles. The summed E-state index contributed by atoms with van der Waals surface area (Å²) in [5.41, 5.74) is -0.881. The van der Waals surface area contributed by atoms with Crippen molar-refractivity contribution in [1.82, 2.24) is 9.97 Å². The Morgan fingerprint density at radius 1 is 1.04 bits per heavy atom. The van der Waals surface area contributed by atoms with Crippen molar-refractivity contribution in [2.75, 3.05) is 5.32 Å². The standard InChI is InChI=1S/C17H11F3N4O3/c18-17(19,20)14-10-21-16(22-11-6-8-12(9-7-11)24(25)26)23-15(14)27-13-4-2-1-3-5-13/h1-10H,(H,21,22,23). The molecule has 1 N–H and O–H groups in total. The van der Waals surface area contributed by atoms with Crippen molar-refractivity contribution in [3.63, 3.8) is 0 Å². The van der Waals surface area contributed by atoms with E-state index in [1.165, 1.54) is 36.4 Å². The first-order valence-electron chi connectivity index (χ1n) is 7.51. The largest absolute Gasteiger partial charge is 0.438 e. The number of para-hydroxylation sites is 1. The average Bonchev–Trinajstić information content (AvgIpc) is 2.62. The number of benzene rings is 2. The second kappa shape index (κ2) is 7.28. The third kappa shape index (κ3) is 4.48. The first-order valence-corrected chi connectivity index (χ1v) is 7.51. The molecule has 2 aromatic carbocycles. The molecule has 0 saturated heterocycles. The molecule has 0 amide bonds. The molecule has 7 nitrogen and oxygen atoms in total. The van der Waals surface area contributed by atoms with Gasteiger partial charge in [-0.15, -0.1) is 0 Å². The van der Waals surface area contributed by atoms with Crippen molar-refractivity contribution >= 4 is 17.3 Å². The molecule has 0 aliphatic carbocycles. The highest BCUT2D eigenvalue weighted by molar-refractivity contribution is 5.56. The number of alkyl halides is 3. The highest BCUT2D eigenvalue weighted by atomic mass is 19.4. The maximum absolute atomic E-state index is 13.2. The van der Waals surface area contributed by atoms with Gasteiger partial charge in [-0.05, 0) is 24.3 Å². The Balaban J connectivity index is 1.90. The molecule has 1 aromatic heterocycles. The number of hydrogen-bond donors (Lipinski definition) is 1. The van der Waals surface area contributed by atoms with E-state index in [1.807, 2.05) is 0 Å². The van der Waals surface area contributed by atoms with E-state index >= 15 is 0 Å². The average molecular weight is 376 g/mol. The topological polar surface area (TPSA) is 90.2 Å². The van der Waals surface area contributed by atoms with E-state index in [2.05, 4.69) is 15.3 Å². The number of nitro groups is 1. The summed E-state index contributed by atoms with van der Waals surface area (Å²) in [6.07, 6.45) is -4.09. The number of nitrogens with zero attached hydrogens (tertiary/aromatic N) is 3. The van der Waals surface area contributed by atoms with Crippen LogP contribution in [-0.4, -0.2) is 14.9 Å². The van der Waals surface area contributed by atoms with Crippen molar-refractivity contribution < 1.29 is 22.8 Å². The molecule has 0 bridgehead atoms. The van der Waals surface area contributed by atoms with Gasteiger partial charge in [-0.1, -0.05) is 18.2 Å². The summed E-state index contributed by atoms with van der Waals surface area (Å²) in [7, 11) is 0. The van der Waals surface area contributed by atoms with Crippen LogP contribution in [0.4, 0.5) is 30.5 Å². The van der Waals surface area contributed by atoms with Crippen molar-refractivity contribution in [3.05, 3.63) is 76.5 Å². The molecule has 3 aromatic rings. The quantitative estimate of drug-likeness (QED) is 0.501. The van der Waals surface area contributed by atoms with E-state index < -0.39 is 22.5 Å². The van der Waals surface area contributed by atoms with Crippen LogP contribution in [0.5, 0.6) is 11.6 Å². The third-order valence-electron chi connectivity index (χ3n) is 3.35. The zero-order chi connectivity index (χ0) is 19.4. The molecular weight excluding hydrogens is 365 g/mol. The lowest BCUT2D eigenvalue weighted by Crippen LogP contribution is -2.10. The Hall–Kier alpha value is -3.69. The molecule has 0 atom stereocenters. The fourth-order valence-electron chi connectivity index (χ4n) is 2.09. The summed E-state index contributed by atoms with van der Waals surface area (Å²) in [6.45, 7) is 0. The highest BCUT2D eigenvalue weighted by Gasteiger charge is 2.36. The minimum absolute atomic E-state index is 0.123. The lowest BCUT2D eigenvalue weighted by Gasteiger charge is -2.14. The number of non-ortho nitro benzene ring substituents is 1. The number of hydrogen-bond acceptors (Lipinski definition) is 6. The number of rotatable bonds is 5. The van der Waals surface area contributed by atoms with Crippen LogP contribution in [0.3, 0.4) is 0 Å². The fourth-order valence-corrected chi connectivity index (χ4v) is 2.09. The van der Waals surface area contributed by atoms with E-state index in [0.29, 0.717) is 11.9 Å². The van der Waals surface area contributed by atoms with Gasteiger partial charge in [0.15, 0.2) is 0 Å². The molecule has 0 unspecified atom stereocenters. The molecule has 0 aliphatic heterocycles. The summed E-state index contributed by atoms with van der Waals surface area (Å²) in [5.74, 6) is -0.626. The van der Waals surface area contributed by atoms with Gasteiger partial charge in [0, 0.05) is 24.0 Å². The summed E-state index contributed by atoms with van der Waals surface area (Å²) in [6, 6.07) is 13.2. The molecule has 3 rings (SSSR count). The number of ether oxygens (including phenoxy) is 1. The number of nitro benzene ring substituents is 1. The number of anilines is 2. The van der Waals surface area contributed by atoms with Crippen LogP contribution < -0.4 is 10.1 Å². The van der Waals surface area contributed by atoms with E-state index in [9.17, 15) is 23.3 Å². The monoisotopic (exact) mass is 376 g/mol. The van der Waals surface area contributed by atoms with E-state index in [1.54, 1.807) is 18.2 Å². The van der Waals surface area contributed by atoms with Gasteiger partial charge >= 0.3 is 6.18 Å². The van der Waals surface area contributed by atoms with E-state index in [0.717, 1.165) is 0 Å². The summed E-state index contributed by atoms with van der Waals surface area (Å²) in [5, 5.41) is 13.3. The molecule has 138 valence electrons. The first-order chi connectivity index (χ1) is 12.8. The molecule has 0 radical (unpaired) electrons. The number of aromatic nitrogens is 2. The molecule has 27 heavy (non-hydrogen) atoms. The van der Waals surface area contributed by atoms with Gasteiger partial charge in [-0.25, -0.2) is 4.98 Å². The smallest absolute Gasteiger partial charge is 0.423 e. The second-order valence-corrected chi connectivity index (χ2v) is 5.25. The Bertz CT molecular complexity index is 948. The van der Waals surface area contributed by atoms with Crippen molar-refractivity contribution in [2.24, 2.45) is 0 Å². The fraction of sp³-hybridized carbons (Fsp3) is 0.0588. The maximum Gasteiger partial charge on any atom is 0.423 e. The Labute approximate surface area is 150 Å². The van der Waals surface area contributed by atoms with Gasteiger partial charge in [0.05, 0.1) is 4.92 Å². The highest BCUT2D eigenvalue weighted by Crippen LogP contribution is 2.37. The third-order valence-corrected chi connectivity index (χ3v) is 3.35. The van der Waals surface area contributed by atoms with Crippen LogP contribution in [0.2, 0.25) is 0 Å². The Morgan fingerprint density at radius 2 is 1.70 bits per heavy atom. The van der Waals surface area contributed by atoms with Gasteiger partial charge in [0.2, 0.25) is 11.8 Å². The molecule has 0 spiro atoms. The maximum atomic E-state index is 13.2. The van der Waals surface area contributed by atoms with Gasteiger partial charge in [-0.2, -0.15) is 18.2 Å². The van der Waals surface area contributed by atoms with Crippen LogP contribution in [0.25, 0.3) is 0 Å². The first kappa shape index (κ1) is 18.1. The van der Waals surface area contributed by atoms with Crippen LogP contribution in [0.15, 0.2) is 60.8 Å². The van der Waals surface area contributed by atoms with Crippen LogP contribution in [0, 0.1) is 10.1 Å². The van der Waals surface area contributed by atoms with Crippen LogP contribution in [0.1, 0.15) is 5.56 Å². The van der Waals surface area contributed by atoms with Gasteiger partial charge in [0.1, 0.15) is 11.3 Å². The summed E-state index contributed by atoms with van der Waals surface area (Å²) in [4.78, 5) is 17.5. The van der Waals surface area contributed by atoms with E-state index in [4.69, 9.17) is 4.74 Å². The zero-order valence-electron chi connectivity index (χ0n) is 13.5. The van der Waals surface area contributed by atoms with Crippen LogP contribution in [-0.2, 0) is 6.18 Å². The number of halogens is 3. The predicted molar refractivity (Wildman–Crippen MR) is 89.9 cm³/mol. The molecule has 1 heterocycles. The molecule has 0 aliphatic rings. The lowest BCUT2D eigenvalue weighted by molar-refractivity contribution is -0.384. The second-order valence-electron chi connectivity index (χ2n) is 5.25. The zero-order valence-corrected chi connectivity index (χ0v) is 13.5. The predicted octanol–water partition coefficient (Wildman–Crippen LogP) is 4.94. The normalized spacial score (nSPS) is 11.1. The van der Waals surface area contributed by atoms with E-state index in [-0.39, 0.29) is 17.4 Å². The summed E-state index contributed by atoms with van der Waals surface area (Å²) < 4.78 is 44.8. The molecule has 10 heteroatoms. The number of nitrogens with one attached hydrogen (secondary N) is 1. The van der Waals surface area contributed by atoms with Gasteiger partial charge in [-0.3, -0.25) is 10.1 Å². The van der Waals surface area contributed by atoms with Crippen molar-refractivity contribution in [2.45, 2.75) is 6.18 Å². The van der Waals surface area contributed by atoms with Crippen LogP contribution >= 0.6 is 0 Å². The summed E-state index contributed by atoms with van der Waals surface area (Å²) >= 11 is 0. The molecular formula is C17H11F3N4O3. The Morgan fingerprint density at radius 3 is 2.30 bits per heavy atom. The Kier molecular flexibility index (Phi) is 4.88. The van der Waals surface area contributed by atoms with Crippen molar-refractivity contribution in [1.29, 1.82) is 0 Å². The lowest BCUT2D eigenvalue weighted by atomic mass is 10.3. The minimum Gasteiger partial charge on any atom is -0.438 e. The SMILES string of the molecule is O=[N+]([O-])c1ccc(Nc2ncc(C(F)(F)F)c(Oc3ccccc3)n2)cc1.